The zero-order valence-electron chi connectivity index (χ0n) is 32.4. The number of rotatable bonds is 9. The number of carbonyl (C=O) groups excluding carboxylic acids is 2. The number of thiophene rings is 2. The van der Waals surface area contributed by atoms with Crippen molar-refractivity contribution < 1.29 is 9.59 Å². The summed E-state index contributed by atoms with van der Waals surface area (Å²) in [6.07, 6.45) is 7.92. The van der Waals surface area contributed by atoms with Crippen molar-refractivity contribution in [2.45, 2.75) is 40.0 Å². The number of halogens is 1. The van der Waals surface area contributed by atoms with E-state index in [4.69, 9.17) is 0 Å². The molecule has 6 heterocycles. The largest absolute Gasteiger partial charge is 0.337 e. The molecule has 0 saturated heterocycles. The number of nitrogens with zero attached hydrogens (tertiary/aromatic N) is 6. The maximum atomic E-state index is 12.5. The molecular weight excluding hydrogens is 835 g/mol. The van der Waals surface area contributed by atoms with Gasteiger partial charge in [0.05, 0.1) is 24.1 Å². The summed E-state index contributed by atoms with van der Waals surface area (Å²) in [4.78, 5) is 66.5. The number of hydrogen-bond donors (Lipinski definition) is 2. The predicted molar refractivity (Wildman–Crippen MR) is 241 cm³/mol. The van der Waals surface area contributed by atoms with Crippen molar-refractivity contribution in [3.05, 3.63) is 145 Å². The number of aromatic amines is 2. The van der Waals surface area contributed by atoms with Gasteiger partial charge in [-0.15, -0.1) is 22.7 Å². The molecule has 8 rings (SSSR count). The first-order valence-corrected chi connectivity index (χ1v) is 20.5. The number of likely N-dealkylation sites (N-methyl/N-ethyl adjacent to an activating group) is 2. The van der Waals surface area contributed by atoms with Gasteiger partial charge in [-0.2, -0.15) is 0 Å². The Bertz CT molecular complexity index is 2800. The van der Waals surface area contributed by atoms with E-state index in [0.29, 0.717) is 37.5 Å². The van der Waals surface area contributed by atoms with Crippen LogP contribution < -0.4 is 11.4 Å². The minimum atomic E-state index is -0.176. The molecule has 2 aromatic carbocycles. The number of carbonyl (C=O) groups is 2. The fraction of sp³-hybridized carbons (Fsp3) is 0.190. The van der Waals surface area contributed by atoms with E-state index in [-0.39, 0.29) is 31.6 Å². The third-order valence-electron chi connectivity index (χ3n) is 8.96. The topological polar surface area (TPSA) is 142 Å². The zero-order chi connectivity index (χ0) is 40.6. The third-order valence-corrected chi connectivity index (χ3v) is 11.6. The summed E-state index contributed by atoms with van der Waals surface area (Å²) in [6.45, 7) is 9.73. The summed E-state index contributed by atoms with van der Waals surface area (Å²) in [5.41, 5.74) is 3.25. The van der Waals surface area contributed by atoms with E-state index in [1.54, 1.807) is 74.2 Å². The highest BCUT2D eigenvalue weighted by Crippen LogP contribution is 2.27. The van der Waals surface area contributed by atoms with Gasteiger partial charge >= 0.3 is 11.4 Å². The lowest BCUT2D eigenvalue weighted by molar-refractivity contribution is -0.125. The standard InChI is InChI=1S/C21H20N4O2S.C13H13NOS.C8H8BrN3O.B/c1-3-25-17-10-14(12-22-20(17)23-21(25)27)8-9-19(26)24(2)13-16-11-15-6-4-5-7-18(15)28-16;1-3-13(15)14(2)9-11-8-10-6-4-5-7-12(10)16-11;1-2-12-6-3-5(9)4-10-7(6)11-8(12)13;/h4-12H,3,13H2,1-2H3,(H,22,23,27);3-8H,1,9H2,2H3;3-4H,2H2,1H3,(H,10,11,13);/b9-8+;;;. The van der Waals surface area contributed by atoms with E-state index in [0.717, 1.165) is 25.9 Å². The molecule has 0 aliphatic carbocycles. The molecule has 0 unspecified atom stereocenters. The SMILES string of the molecule is C=CC(=O)N(C)Cc1cc2ccccc2s1.CCn1c(=O)[nH]c2ncc(/C=C/C(=O)N(C)Cc3cc4ccccc4s3)cc21.CCn1c(=O)[nH]c2ncc(Br)cc21.[B]. The number of aromatic nitrogens is 6. The van der Waals surface area contributed by atoms with Gasteiger partial charge in [-0.05, 0) is 94.7 Å². The average Bonchev–Trinajstić information content (AvgIpc) is 3.97. The molecule has 2 N–H and O–H groups in total. The van der Waals surface area contributed by atoms with Crippen LogP contribution in [0, 0.1) is 0 Å². The summed E-state index contributed by atoms with van der Waals surface area (Å²) in [5.74, 6) is -0.128. The number of nitrogens with one attached hydrogen (secondary N) is 2. The number of hydrogen-bond acceptors (Lipinski definition) is 8. The van der Waals surface area contributed by atoms with Crippen LogP contribution in [0.4, 0.5) is 0 Å². The fourth-order valence-electron chi connectivity index (χ4n) is 6.08. The average molecular weight is 877 g/mol. The maximum Gasteiger partial charge on any atom is 0.327 e. The molecule has 6 aromatic heterocycles. The number of amides is 2. The first kappa shape index (κ1) is 43.3. The quantitative estimate of drug-likeness (QED) is 0.112. The predicted octanol–water partition coefficient (Wildman–Crippen LogP) is 7.80. The molecular formula is C42H41BBrN8O4S2. The minimum absolute atomic E-state index is 0. The molecule has 16 heteroatoms. The van der Waals surface area contributed by atoms with Crippen molar-refractivity contribution in [3.8, 4) is 0 Å². The van der Waals surface area contributed by atoms with Crippen molar-refractivity contribution in [1.82, 2.24) is 38.9 Å². The summed E-state index contributed by atoms with van der Waals surface area (Å²) >= 11 is 6.74. The number of fused-ring (bicyclic) bond motifs is 4. The Labute approximate surface area is 352 Å². The highest BCUT2D eigenvalue weighted by Gasteiger charge is 2.11. The van der Waals surface area contributed by atoms with Crippen LogP contribution in [0.5, 0.6) is 0 Å². The van der Waals surface area contributed by atoms with Gasteiger partial charge in [0.2, 0.25) is 11.8 Å². The number of H-pyrrole nitrogens is 2. The van der Waals surface area contributed by atoms with Gasteiger partial charge in [0.25, 0.3) is 0 Å². The Kier molecular flexibility index (Phi) is 14.6. The molecule has 0 aliphatic rings. The second-order valence-corrected chi connectivity index (χ2v) is 16.2. The van der Waals surface area contributed by atoms with E-state index in [1.165, 1.54) is 37.2 Å². The monoisotopic (exact) mass is 875 g/mol. The minimum Gasteiger partial charge on any atom is -0.337 e. The Morgan fingerprint density at radius 1 is 0.759 bits per heavy atom. The highest BCUT2D eigenvalue weighted by atomic mass is 79.9. The molecule has 58 heavy (non-hydrogen) atoms. The van der Waals surface area contributed by atoms with Crippen LogP contribution in [0.3, 0.4) is 0 Å². The van der Waals surface area contributed by atoms with Crippen LogP contribution >= 0.6 is 38.6 Å². The van der Waals surface area contributed by atoms with Crippen molar-refractivity contribution in [3.63, 3.8) is 0 Å². The number of imidazole rings is 2. The van der Waals surface area contributed by atoms with Crippen molar-refractivity contribution in [2.24, 2.45) is 0 Å². The second kappa shape index (κ2) is 19.5. The molecule has 0 bridgehead atoms. The summed E-state index contributed by atoms with van der Waals surface area (Å²) < 4.78 is 6.63. The lowest BCUT2D eigenvalue weighted by Gasteiger charge is -2.13. The van der Waals surface area contributed by atoms with Crippen LogP contribution in [0.25, 0.3) is 48.6 Å². The van der Waals surface area contributed by atoms with Crippen LogP contribution in [0.2, 0.25) is 0 Å². The maximum absolute atomic E-state index is 12.5. The molecule has 0 spiro atoms. The Morgan fingerprint density at radius 3 is 1.74 bits per heavy atom. The normalized spacial score (nSPS) is 10.9. The van der Waals surface area contributed by atoms with Crippen LogP contribution in [0.1, 0.15) is 29.2 Å². The molecule has 2 amide bonds. The van der Waals surface area contributed by atoms with E-state index in [9.17, 15) is 19.2 Å². The third kappa shape index (κ3) is 10.2. The Balaban J connectivity index is 0.000000181. The smallest absolute Gasteiger partial charge is 0.327 e. The van der Waals surface area contributed by atoms with Gasteiger partial charge in [0, 0.05) is 77.7 Å². The van der Waals surface area contributed by atoms with Crippen molar-refractivity contribution in [1.29, 1.82) is 0 Å². The summed E-state index contributed by atoms with van der Waals surface area (Å²) in [6, 6.07) is 24.4. The molecule has 0 saturated carbocycles. The van der Waals surface area contributed by atoms with E-state index >= 15 is 0 Å². The van der Waals surface area contributed by atoms with Gasteiger partial charge in [-0.3, -0.25) is 28.7 Å². The van der Waals surface area contributed by atoms with E-state index in [1.807, 2.05) is 50.2 Å². The first-order chi connectivity index (χ1) is 27.5. The summed E-state index contributed by atoms with van der Waals surface area (Å²) in [7, 11) is 3.58. The molecule has 8 aromatic rings. The summed E-state index contributed by atoms with van der Waals surface area (Å²) in [5, 5.41) is 2.44. The second-order valence-electron chi connectivity index (χ2n) is 12.9. The number of benzene rings is 2. The Morgan fingerprint density at radius 2 is 1.24 bits per heavy atom. The molecule has 0 fully saturated rings. The number of pyridine rings is 2. The van der Waals surface area contributed by atoms with E-state index in [2.05, 4.69) is 78.8 Å². The fourth-order valence-corrected chi connectivity index (χ4v) is 8.64. The molecule has 0 aliphatic heterocycles. The van der Waals surface area contributed by atoms with Crippen LogP contribution in [0.15, 0.2) is 118 Å². The molecule has 0 atom stereocenters. The van der Waals surface area contributed by atoms with Gasteiger partial charge in [-0.1, -0.05) is 43.0 Å². The van der Waals surface area contributed by atoms with Gasteiger partial charge in [-0.25, -0.2) is 19.6 Å². The van der Waals surface area contributed by atoms with Gasteiger partial charge in [0.1, 0.15) is 0 Å². The van der Waals surface area contributed by atoms with Crippen molar-refractivity contribution >= 4 is 107 Å². The van der Waals surface area contributed by atoms with Gasteiger partial charge < -0.3 is 9.80 Å². The lowest BCUT2D eigenvalue weighted by atomic mass is 10.2. The van der Waals surface area contributed by atoms with E-state index < -0.39 is 0 Å². The van der Waals surface area contributed by atoms with Crippen LogP contribution in [-0.4, -0.2) is 73.2 Å². The van der Waals surface area contributed by atoms with Crippen molar-refractivity contribution in [2.75, 3.05) is 14.1 Å². The zero-order valence-corrected chi connectivity index (χ0v) is 35.7. The Hall–Kier alpha value is -5.84. The molecule has 295 valence electrons. The molecule has 3 radical (unpaired) electrons. The van der Waals surface area contributed by atoms with Gasteiger partial charge in [0.15, 0.2) is 11.3 Å². The highest BCUT2D eigenvalue weighted by molar-refractivity contribution is 9.10. The molecule has 12 nitrogen and oxygen atoms in total. The lowest BCUT2D eigenvalue weighted by Crippen LogP contribution is -2.23. The first-order valence-electron chi connectivity index (χ1n) is 18.1. The van der Waals surface area contributed by atoms with Crippen LogP contribution in [-0.2, 0) is 35.8 Å². The number of aryl methyl sites for hydroxylation is 2.